The van der Waals surface area contributed by atoms with Gasteiger partial charge in [-0.25, -0.2) is 10.0 Å². The van der Waals surface area contributed by atoms with Crippen molar-refractivity contribution >= 4 is 11.4 Å². The Balaban J connectivity index is 1.83. The molecule has 0 spiro atoms. The molecule has 3 aromatic rings. The largest absolute Gasteiger partial charge is 0.249 e. The van der Waals surface area contributed by atoms with Crippen LogP contribution in [0.5, 0.6) is 0 Å². The number of benzene rings is 3. The van der Waals surface area contributed by atoms with Gasteiger partial charge in [0.1, 0.15) is 0 Å². The Hall–Kier alpha value is -3.14. The molecule has 3 rings (SSSR count). The van der Waals surface area contributed by atoms with Crippen molar-refractivity contribution in [3.05, 3.63) is 84.9 Å². The topological polar surface area (TPSA) is 31.2 Å². The van der Waals surface area contributed by atoms with E-state index in [9.17, 15) is 0 Å². The molecule has 120 valence electrons. The second-order valence-electron chi connectivity index (χ2n) is 5.44. The van der Waals surface area contributed by atoms with Gasteiger partial charge < -0.3 is 0 Å². The Morgan fingerprint density at radius 3 is 1.83 bits per heavy atom. The van der Waals surface area contributed by atoms with Gasteiger partial charge in [0.15, 0.2) is 0 Å². The molecule has 0 radical (unpaired) electrons. The molecular formula is C20H20N4. The first kappa shape index (κ1) is 15.7. The van der Waals surface area contributed by atoms with Crippen LogP contribution >= 0.6 is 0 Å². The molecule has 0 aliphatic carbocycles. The monoisotopic (exact) mass is 316 g/mol. The molecular weight excluding hydrogens is 296 g/mol. The van der Waals surface area contributed by atoms with E-state index in [-0.39, 0.29) is 0 Å². The number of rotatable bonds is 5. The van der Waals surface area contributed by atoms with Crippen LogP contribution in [0.4, 0.5) is 11.4 Å². The van der Waals surface area contributed by atoms with Gasteiger partial charge in [0.2, 0.25) is 0 Å². The van der Waals surface area contributed by atoms with E-state index in [2.05, 4.69) is 28.6 Å². The molecule has 0 unspecified atom stereocenters. The highest BCUT2D eigenvalue weighted by Crippen LogP contribution is 2.30. The van der Waals surface area contributed by atoms with Crippen LogP contribution in [0.25, 0.3) is 11.1 Å². The lowest BCUT2D eigenvalue weighted by atomic mass is 10.0. The molecule has 0 aliphatic heterocycles. The van der Waals surface area contributed by atoms with E-state index in [1.807, 2.05) is 80.8 Å². The molecule has 0 amide bonds. The fraction of sp³-hybridized carbons (Fsp3) is 0.100. The molecule has 24 heavy (non-hydrogen) atoms. The molecule has 4 nitrogen and oxygen atoms in total. The minimum atomic E-state index is 0.992. The van der Waals surface area contributed by atoms with Crippen molar-refractivity contribution in [1.82, 2.24) is 0 Å². The SMILES string of the molecule is CN(N=NN(C)c1ccccc1-c1ccccc1)c1ccccc1. The summed E-state index contributed by atoms with van der Waals surface area (Å²) in [6.45, 7) is 0. The van der Waals surface area contributed by atoms with Gasteiger partial charge in [0.25, 0.3) is 0 Å². The van der Waals surface area contributed by atoms with Crippen LogP contribution in [0.3, 0.4) is 0 Å². The van der Waals surface area contributed by atoms with Crippen LogP contribution in [0.15, 0.2) is 95.4 Å². The lowest BCUT2D eigenvalue weighted by Crippen LogP contribution is -2.13. The Labute approximate surface area is 142 Å². The lowest BCUT2D eigenvalue weighted by Gasteiger charge is -2.18. The van der Waals surface area contributed by atoms with Crippen LogP contribution in [0.2, 0.25) is 0 Å². The summed E-state index contributed by atoms with van der Waals surface area (Å²) < 4.78 is 0. The van der Waals surface area contributed by atoms with Crippen LogP contribution in [0.1, 0.15) is 0 Å². The molecule has 0 aromatic heterocycles. The first-order valence-electron chi connectivity index (χ1n) is 7.84. The van der Waals surface area contributed by atoms with Gasteiger partial charge in [-0.05, 0) is 34.2 Å². The van der Waals surface area contributed by atoms with E-state index >= 15 is 0 Å². The predicted octanol–water partition coefficient (Wildman–Crippen LogP) is 5.21. The van der Waals surface area contributed by atoms with Crippen molar-refractivity contribution in [3.63, 3.8) is 0 Å². The molecule has 0 N–H and O–H groups in total. The number of para-hydroxylation sites is 2. The molecule has 0 fully saturated rings. The summed E-state index contributed by atoms with van der Waals surface area (Å²) in [5.74, 6) is 0. The fourth-order valence-corrected chi connectivity index (χ4v) is 2.48. The van der Waals surface area contributed by atoms with Gasteiger partial charge in [0.05, 0.1) is 11.4 Å². The molecule has 0 saturated carbocycles. The summed E-state index contributed by atoms with van der Waals surface area (Å²) in [6, 6.07) is 28.4. The van der Waals surface area contributed by atoms with Gasteiger partial charge in [-0.3, -0.25) is 0 Å². The van der Waals surface area contributed by atoms with Gasteiger partial charge in [0, 0.05) is 19.7 Å². The highest BCUT2D eigenvalue weighted by molar-refractivity contribution is 5.78. The maximum Gasteiger partial charge on any atom is 0.0686 e. The number of hydrogen-bond acceptors (Lipinski definition) is 2. The van der Waals surface area contributed by atoms with E-state index in [1.54, 1.807) is 10.0 Å². The van der Waals surface area contributed by atoms with E-state index in [1.165, 1.54) is 0 Å². The summed E-state index contributed by atoms with van der Waals surface area (Å²) in [6.07, 6.45) is 0. The molecule has 0 atom stereocenters. The highest BCUT2D eigenvalue weighted by atomic mass is 15.7. The number of anilines is 2. The third-order valence-electron chi connectivity index (χ3n) is 3.78. The average molecular weight is 316 g/mol. The first-order chi connectivity index (χ1) is 11.8. The van der Waals surface area contributed by atoms with Gasteiger partial charge >= 0.3 is 0 Å². The zero-order valence-corrected chi connectivity index (χ0v) is 13.9. The Bertz CT molecular complexity index is 800. The highest BCUT2D eigenvalue weighted by Gasteiger charge is 2.08. The zero-order chi connectivity index (χ0) is 16.8. The second kappa shape index (κ2) is 7.42. The minimum Gasteiger partial charge on any atom is -0.249 e. The fourth-order valence-electron chi connectivity index (χ4n) is 2.48. The average Bonchev–Trinajstić information content (AvgIpc) is 2.67. The molecule has 0 heterocycles. The molecule has 4 heteroatoms. The third kappa shape index (κ3) is 3.60. The number of hydrogen-bond donors (Lipinski definition) is 0. The smallest absolute Gasteiger partial charge is 0.0686 e. The predicted molar refractivity (Wildman–Crippen MR) is 100.0 cm³/mol. The van der Waals surface area contributed by atoms with Crippen LogP contribution in [0, 0.1) is 0 Å². The van der Waals surface area contributed by atoms with E-state index in [4.69, 9.17) is 0 Å². The van der Waals surface area contributed by atoms with Crippen LogP contribution in [-0.4, -0.2) is 14.1 Å². The zero-order valence-electron chi connectivity index (χ0n) is 13.9. The van der Waals surface area contributed by atoms with Crippen molar-refractivity contribution in [1.29, 1.82) is 0 Å². The molecule has 3 aromatic carbocycles. The summed E-state index contributed by atoms with van der Waals surface area (Å²) in [5.41, 5.74) is 4.29. The van der Waals surface area contributed by atoms with E-state index in [0.29, 0.717) is 0 Å². The second-order valence-corrected chi connectivity index (χ2v) is 5.44. The summed E-state index contributed by atoms with van der Waals surface area (Å²) in [4.78, 5) is 0. The van der Waals surface area contributed by atoms with Gasteiger partial charge in [-0.2, -0.15) is 0 Å². The van der Waals surface area contributed by atoms with Crippen molar-refractivity contribution in [2.45, 2.75) is 0 Å². The first-order valence-corrected chi connectivity index (χ1v) is 7.84. The lowest BCUT2D eigenvalue weighted by molar-refractivity contribution is 0.819. The standard InChI is InChI=1S/C20H20N4/c1-23(18-13-7-4-8-14-18)21-22-24(2)20-16-10-9-15-19(20)17-11-5-3-6-12-17/h3-16H,1-2H3. The third-order valence-corrected chi connectivity index (χ3v) is 3.78. The van der Waals surface area contributed by atoms with Crippen molar-refractivity contribution in [2.75, 3.05) is 24.1 Å². The molecule has 0 saturated heterocycles. The minimum absolute atomic E-state index is 0.992. The molecule has 0 aliphatic rings. The summed E-state index contributed by atoms with van der Waals surface area (Å²) in [5, 5.41) is 12.2. The summed E-state index contributed by atoms with van der Waals surface area (Å²) >= 11 is 0. The van der Waals surface area contributed by atoms with E-state index in [0.717, 1.165) is 22.5 Å². The van der Waals surface area contributed by atoms with Crippen molar-refractivity contribution in [2.24, 2.45) is 10.4 Å². The normalized spacial score (nSPS) is 10.8. The van der Waals surface area contributed by atoms with Crippen LogP contribution < -0.4 is 10.0 Å². The quantitative estimate of drug-likeness (QED) is 0.478. The van der Waals surface area contributed by atoms with Crippen molar-refractivity contribution in [3.8, 4) is 11.1 Å². The maximum absolute atomic E-state index is 4.34. The molecule has 0 bridgehead atoms. The maximum atomic E-state index is 4.34. The Morgan fingerprint density at radius 2 is 1.12 bits per heavy atom. The van der Waals surface area contributed by atoms with E-state index < -0.39 is 0 Å². The van der Waals surface area contributed by atoms with Gasteiger partial charge in [-0.15, -0.1) is 0 Å². The number of nitrogens with zero attached hydrogens (tertiary/aromatic N) is 4. The Kier molecular flexibility index (Phi) is 4.87. The van der Waals surface area contributed by atoms with Crippen molar-refractivity contribution < 1.29 is 0 Å². The summed E-state index contributed by atoms with van der Waals surface area (Å²) in [7, 11) is 3.79. The van der Waals surface area contributed by atoms with Crippen LogP contribution in [-0.2, 0) is 0 Å². The van der Waals surface area contributed by atoms with Gasteiger partial charge in [-0.1, -0.05) is 66.7 Å². The Morgan fingerprint density at radius 1 is 0.583 bits per heavy atom.